The molecule has 1 rings (SSSR count). The Kier molecular flexibility index (Phi) is 4.69. The Balaban J connectivity index is 2.95. The SMILES string of the molecule is Cc1c(C(=O)N(C)C(C)C(=O)O)cnn1CC(C)C. The summed E-state index contributed by atoms with van der Waals surface area (Å²) in [4.78, 5) is 24.3. The van der Waals surface area contributed by atoms with Crippen LogP contribution in [0.4, 0.5) is 0 Å². The standard InChI is InChI=1S/C13H21N3O3/c1-8(2)7-16-9(3)11(6-14-16)12(17)15(5)10(4)13(18)19/h6,8,10H,7H2,1-5H3,(H,18,19). The highest BCUT2D eigenvalue weighted by atomic mass is 16.4. The molecule has 1 aromatic rings. The number of carboxylic acid groups (broad SMARTS) is 1. The van der Waals surface area contributed by atoms with E-state index < -0.39 is 12.0 Å². The number of aromatic nitrogens is 2. The van der Waals surface area contributed by atoms with Crippen LogP contribution in [0.1, 0.15) is 36.8 Å². The molecule has 0 aliphatic heterocycles. The average Bonchev–Trinajstić information content (AvgIpc) is 2.67. The van der Waals surface area contributed by atoms with Crippen LogP contribution in [0.3, 0.4) is 0 Å². The highest BCUT2D eigenvalue weighted by Crippen LogP contribution is 2.13. The topological polar surface area (TPSA) is 75.4 Å². The second-order valence-electron chi connectivity index (χ2n) is 5.15. The summed E-state index contributed by atoms with van der Waals surface area (Å²) in [6, 6.07) is -0.861. The molecule has 1 atom stereocenters. The zero-order valence-electron chi connectivity index (χ0n) is 12.0. The average molecular weight is 267 g/mol. The largest absolute Gasteiger partial charge is 0.480 e. The molecule has 0 saturated carbocycles. The number of carboxylic acids is 1. The van der Waals surface area contributed by atoms with Crippen LogP contribution in [0.25, 0.3) is 0 Å². The number of amides is 1. The highest BCUT2D eigenvalue weighted by Gasteiger charge is 2.25. The van der Waals surface area contributed by atoms with Crippen LogP contribution in [-0.4, -0.2) is 44.8 Å². The molecule has 0 aliphatic carbocycles. The molecule has 1 unspecified atom stereocenters. The minimum atomic E-state index is -1.02. The Bertz CT molecular complexity index is 479. The summed E-state index contributed by atoms with van der Waals surface area (Å²) in [5.74, 6) is -0.914. The lowest BCUT2D eigenvalue weighted by molar-refractivity contribution is -0.141. The van der Waals surface area contributed by atoms with Gasteiger partial charge in [0.2, 0.25) is 0 Å². The molecule has 19 heavy (non-hydrogen) atoms. The highest BCUT2D eigenvalue weighted by molar-refractivity contribution is 5.97. The summed E-state index contributed by atoms with van der Waals surface area (Å²) in [5.41, 5.74) is 1.22. The van der Waals surface area contributed by atoms with Crippen LogP contribution >= 0.6 is 0 Å². The second kappa shape index (κ2) is 5.86. The van der Waals surface area contributed by atoms with Crippen molar-refractivity contribution in [1.29, 1.82) is 0 Å². The van der Waals surface area contributed by atoms with Crippen molar-refractivity contribution in [2.45, 2.75) is 40.3 Å². The first-order valence-corrected chi connectivity index (χ1v) is 6.28. The van der Waals surface area contributed by atoms with Gasteiger partial charge in [-0.15, -0.1) is 0 Å². The molecule has 0 bridgehead atoms. The maximum Gasteiger partial charge on any atom is 0.326 e. The summed E-state index contributed by atoms with van der Waals surface area (Å²) in [6.45, 7) is 8.18. The molecular formula is C13H21N3O3. The number of carbonyl (C=O) groups excluding carboxylic acids is 1. The molecular weight excluding hydrogens is 246 g/mol. The van der Waals surface area contributed by atoms with Gasteiger partial charge in [-0.05, 0) is 19.8 Å². The fraction of sp³-hybridized carbons (Fsp3) is 0.615. The smallest absolute Gasteiger partial charge is 0.326 e. The Hall–Kier alpha value is -1.85. The first kappa shape index (κ1) is 15.2. The van der Waals surface area contributed by atoms with Crippen molar-refractivity contribution in [2.24, 2.45) is 5.92 Å². The van der Waals surface area contributed by atoms with Gasteiger partial charge in [0.05, 0.1) is 11.8 Å². The van der Waals surface area contributed by atoms with Crippen molar-refractivity contribution in [3.05, 3.63) is 17.5 Å². The molecule has 1 amide bonds. The lowest BCUT2D eigenvalue weighted by atomic mass is 10.2. The Morgan fingerprint density at radius 1 is 1.42 bits per heavy atom. The Morgan fingerprint density at radius 2 is 2.00 bits per heavy atom. The lowest BCUT2D eigenvalue weighted by Crippen LogP contribution is -2.40. The number of nitrogens with zero attached hydrogens (tertiary/aromatic N) is 3. The van der Waals surface area contributed by atoms with Gasteiger partial charge in [-0.3, -0.25) is 9.48 Å². The monoisotopic (exact) mass is 267 g/mol. The van der Waals surface area contributed by atoms with Crippen LogP contribution in [0.15, 0.2) is 6.20 Å². The van der Waals surface area contributed by atoms with Gasteiger partial charge >= 0.3 is 5.97 Å². The van der Waals surface area contributed by atoms with Crippen LogP contribution < -0.4 is 0 Å². The summed E-state index contributed by atoms with van der Waals surface area (Å²) in [7, 11) is 1.49. The first-order valence-electron chi connectivity index (χ1n) is 6.28. The van der Waals surface area contributed by atoms with Gasteiger partial charge < -0.3 is 10.0 Å². The Morgan fingerprint density at radius 3 is 2.47 bits per heavy atom. The van der Waals surface area contributed by atoms with Gasteiger partial charge in [-0.25, -0.2) is 4.79 Å². The lowest BCUT2D eigenvalue weighted by Gasteiger charge is -2.21. The maximum atomic E-state index is 12.2. The molecule has 0 spiro atoms. The zero-order chi connectivity index (χ0) is 14.7. The maximum absolute atomic E-state index is 12.2. The fourth-order valence-corrected chi connectivity index (χ4v) is 1.72. The van der Waals surface area contributed by atoms with E-state index >= 15 is 0 Å². The van der Waals surface area contributed by atoms with Crippen LogP contribution in [0.2, 0.25) is 0 Å². The van der Waals surface area contributed by atoms with Crippen molar-refractivity contribution in [1.82, 2.24) is 14.7 Å². The number of likely N-dealkylation sites (N-methyl/N-ethyl adjacent to an activating group) is 1. The van der Waals surface area contributed by atoms with E-state index in [1.165, 1.54) is 25.1 Å². The van der Waals surface area contributed by atoms with E-state index in [-0.39, 0.29) is 5.91 Å². The van der Waals surface area contributed by atoms with E-state index in [4.69, 9.17) is 5.11 Å². The van der Waals surface area contributed by atoms with Crippen molar-refractivity contribution in [3.8, 4) is 0 Å². The van der Waals surface area contributed by atoms with E-state index in [1.54, 1.807) is 4.68 Å². The van der Waals surface area contributed by atoms with Crippen LogP contribution in [0.5, 0.6) is 0 Å². The minimum Gasteiger partial charge on any atom is -0.480 e. The third-order valence-corrected chi connectivity index (χ3v) is 3.13. The van der Waals surface area contributed by atoms with E-state index in [0.717, 1.165) is 12.2 Å². The van der Waals surface area contributed by atoms with Crippen LogP contribution in [-0.2, 0) is 11.3 Å². The predicted octanol–water partition coefficient (Wildman–Crippen LogP) is 1.39. The molecule has 6 nitrogen and oxygen atoms in total. The van der Waals surface area contributed by atoms with E-state index in [1.807, 2.05) is 6.92 Å². The second-order valence-corrected chi connectivity index (χ2v) is 5.15. The number of rotatable bonds is 5. The van der Waals surface area contributed by atoms with E-state index in [2.05, 4.69) is 18.9 Å². The molecule has 6 heteroatoms. The summed E-state index contributed by atoms with van der Waals surface area (Å²) in [5, 5.41) is 13.1. The molecule has 0 aliphatic rings. The van der Waals surface area contributed by atoms with Crippen LogP contribution in [0, 0.1) is 12.8 Å². The predicted molar refractivity (Wildman–Crippen MR) is 71.0 cm³/mol. The molecule has 1 heterocycles. The van der Waals surface area contributed by atoms with Gasteiger partial charge in [0.1, 0.15) is 6.04 Å². The van der Waals surface area contributed by atoms with Gasteiger partial charge in [0.25, 0.3) is 5.91 Å². The van der Waals surface area contributed by atoms with Crippen molar-refractivity contribution < 1.29 is 14.7 Å². The number of aliphatic carboxylic acids is 1. The van der Waals surface area contributed by atoms with Crippen molar-refractivity contribution in [2.75, 3.05) is 7.05 Å². The molecule has 1 N–H and O–H groups in total. The molecule has 0 aromatic carbocycles. The van der Waals surface area contributed by atoms with E-state index in [9.17, 15) is 9.59 Å². The normalized spacial score (nSPS) is 12.5. The van der Waals surface area contributed by atoms with Crippen molar-refractivity contribution >= 4 is 11.9 Å². The number of carbonyl (C=O) groups is 2. The fourth-order valence-electron chi connectivity index (χ4n) is 1.72. The summed E-state index contributed by atoms with van der Waals surface area (Å²) in [6.07, 6.45) is 1.51. The summed E-state index contributed by atoms with van der Waals surface area (Å²) < 4.78 is 1.77. The first-order chi connectivity index (χ1) is 8.75. The Labute approximate surface area is 113 Å². The minimum absolute atomic E-state index is 0.317. The summed E-state index contributed by atoms with van der Waals surface area (Å²) >= 11 is 0. The molecule has 1 aromatic heterocycles. The number of hydrogen-bond acceptors (Lipinski definition) is 3. The van der Waals surface area contributed by atoms with Gasteiger partial charge in [-0.2, -0.15) is 5.10 Å². The molecule has 106 valence electrons. The van der Waals surface area contributed by atoms with Gasteiger partial charge in [-0.1, -0.05) is 13.8 Å². The third kappa shape index (κ3) is 3.33. The quantitative estimate of drug-likeness (QED) is 0.874. The molecule has 0 saturated heterocycles. The van der Waals surface area contributed by atoms with E-state index in [0.29, 0.717) is 11.5 Å². The molecule has 0 radical (unpaired) electrons. The number of hydrogen-bond donors (Lipinski definition) is 1. The zero-order valence-corrected chi connectivity index (χ0v) is 12.0. The van der Waals surface area contributed by atoms with Gasteiger partial charge in [0.15, 0.2) is 0 Å². The van der Waals surface area contributed by atoms with Crippen molar-refractivity contribution in [3.63, 3.8) is 0 Å². The van der Waals surface area contributed by atoms with Gasteiger partial charge in [0, 0.05) is 19.3 Å². The third-order valence-electron chi connectivity index (χ3n) is 3.13. The molecule has 0 fully saturated rings.